The molecular formula is C15H22N4O3. The number of urea groups is 1. The number of likely N-dealkylation sites (tertiary alicyclic amines) is 1. The Labute approximate surface area is 129 Å². The van der Waals surface area contributed by atoms with Gasteiger partial charge in [0.25, 0.3) is 5.56 Å². The number of anilines is 1. The quantitative estimate of drug-likeness (QED) is 0.871. The summed E-state index contributed by atoms with van der Waals surface area (Å²) in [6.45, 7) is 3.29. The summed E-state index contributed by atoms with van der Waals surface area (Å²) in [4.78, 5) is 37.9. The van der Waals surface area contributed by atoms with E-state index in [-0.39, 0.29) is 23.7 Å². The molecule has 120 valence electrons. The molecule has 7 heteroatoms. The molecule has 1 saturated heterocycles. The molecule has 1 aromatic rings. The van der Waals surface area contributed by atoms with Crippen LogP contribution >= 0.6 is 0 Å². The molecule has 1 aliphatic heterocycles. The molecular weight excluding hydrogens is 284 g/mol. The molecule has 2 rings (SSSR count). The first-order valence-corrected chi connectivity index (χ1v) is 7.50. The monoisotopic (exact) mass is 306 g/mol. The second kappa shape index (κ2) is 7.11. The highest BCUT2D eigenvalue weighted by Gasteiger charge is 2.18. The number of aryl methyl sites for hydroxylation is 1. The maximum atomic E-state index is 12.4. The van der Waals surface area contributed by atoms with Crippen molar-refractivity contribution >= 4 is 17.6 Å². The van der Waals surface area contributed by atoms with E-state index < -0.39 is 6.03 Å². The molecule has 1 aromatic heterocycles. The lowest BCUT2D eigenvalue weighted by molar-refractivity contribution is -0.132. The molecule has 0 bridgehead atoms. The van der Waals surface area contributed by atoms with Crippen molar-refractivity contribution < 1.29 is 9.59 Å². The van der Waals surface area contributed by atoms with Gasteiger partial charge in [-0.25, -0.2) is 4.79 Å². The number of rotatable bonds is 3. The highest BCUT2D eigenvalue weighted by atomic mass is 16.2. The minimum absolute atomic E-state index is 0.00787. The van der Waals surface area contributed by atoms with Crippen molar-refractivity contribution in [3.63, 3.8) is 0 Å². The largest absolute Gasteiger partial charge is 0.341 e. The molecule has 7 nitrogen and oxygen atoms in total. The Morgan fingerprint density at radius 2 is 1.86 bits per heavy atom. The van der Waals surface area contributed by atoms with Gasteiger partial charge in [0, 0.05) is 25.8 Å². The molecule has 1 fully saturated rings. The number of nitrogens with one attached hydrogen (secondary N) is 2. The van der Waals surface area contributed by atoms with E-state index in [1.165, 1.54) is 11.6 Å². The van der Waals surface area contributed by atoms with Gasteiger partial charge in [-0.3, -0.25) is 9.59 Å². The molecule has 0 unspecified atom stereocenters. The van der Waals surface area contributed by atoms with E-state index in [0.717, 1.165) is 32.4 Å². The summed E-state index contributed by atoms with van der Waals surface area (Å²) in [5.41, 5.74) is 0.489. The fourth-order valence-electron chi connectivity index (χ4n) is 2.53. The smallest absolute Gasteiger partial charge is 0.319 e. The van der Waals surface area contributed by atoms with Gasteiger partial charge < -0.3 is 20.1 Å². The molecule has 2 heterocycles. The van der Waals surface area contributed by atoms with Crippen LogP contribution in [0.4, 0.5) is 10.5 Å². The molecule has 0 aliphatic carbocycles. The molecule has 2 N–H and O–H groups in total. The highest BCUT2D eigenvalue weighted by molar-refractivity contribution is 5.88. The van der Waals surface area contributed by atoms with Gasteiger partial charge in [0.1, 0.15) is 12.2 Å². The Morgan fingerprint density at radius 1 is 1.18 bits per heavy atom. The Balaban J connectivity index is 2.19. The van der Waals surface area contributed by atoms with Crippen LogP contribution in [-0.4, -0.2) is 41.5 Å². The van der Waals surface area contributed by atoms with Crippen molar-refractivity contribution in [1.82, 2.24) is 14.8 Å². The average molecular weight is 306 g/mol. The SMILES string of the molecule is CNC(=O)Nc1ccc(C)n(CC(=O)N2CCCCC2)c1=O. The fraction of sp³-hybridized carbons (Fsp3) is 0.533. The van der Waals surface area contributed by atoms with Crippen LogP contribution in [-0.2, 0) is 11.3 Å². The van der Waals surface area contributed by atoms with Gasteiger partial charge in [0.05, 0.1) is 0 Å². The van der Waals surface area contributed by atoms with Crippen LogP contribution < -0.4 is 16.2 Å². The molecule has 0 radical (unpaired) electrons. The molecule has 0 atom stereocenters. The fourth-order valence-corrected chi connectivity index (χ4v) is 2.53. The number of hydrogen-bond acceptors (Lipinski definition) is 3. The molecule has 1 aliphatic rings. The summed E-state index contributed by atoms with van der Waals surface area (Å²) in [6, 6.07) is 2.81. The highest BCUT2D eigenvalue weighted by Crippen LogP contribution is 2.10. The Morgan fingerprint density at radius 3 is 2.50 bits per heavy atom. The van der Waals surface area contributed by atoms with Crippen molar-refractivity contribution in [3.05, 3.63) is 28.2 Å². The molecule has 0 aromatic carbocycles. The summed E-state index contributed by atoms with van der Waals surface area (Å²) in [5, 5.41) is 4.87. The lowest BCUT2D eigenvalue weighted by atomic mass is 10.1. The molecule has 0 spiro atoms. The van der Waals surface area contributed by atoms with Crippen LogP contribution in [0.15, 0.2) is 16.9 Å². The minimum atomic E-state index is -0.463. The van der Waals surface area contributed by atoms with Crippen molar-refractivity contribution in [2.24, 2.45) is 0 Å². The van der Waals surface area contributed by atoms with Crippen LogP contribution in [0.2, 0.25) is 0 Å². The second-order valence-electron chi connectivity index (χ2n) is 5.43. The van der Waals surface area contributed by atoms with Gasteiger partial charge in [0.15, 0.2) is 0 Å². The topological polar surface area (TPSA) is 83.4 Å². The maximum Gasteiger partial charge on any atom is 0.319 e. The first kappa shape index (κ1) is 16.1. The van der Waals surface area contributed by atoms with E-state index in [0.29, 0.717) is 5.69 Å². The number of hydrogen-bond donors (Lipinski definition) is 2. The Kier molecular flexibility index (Phi) is 5.19. The van der Waals surface area contributed by atoms with Crippen LogP contribution in [0, 0.1) is 6.92 Å². The number of nitrogens with zero attached hydrogens (tertiary/aromatic N) is 2. The summed E-state index contributed by atoms with van der Waals surface area (Å²) < 4.78 is 1.40. The first-order chi connectivity index (χ1) is 10.5. The number of carbonyl (C=O) groups excluding carboxylic acids is 2. The lowest BCUT2D eigenvalue weighted by Gasteiger charge is -2.27. The van der Waals surface area contributed by atoms with E-state index in [1.807, 2.05) is 0 Å². The molecule has 3 amide bonds. The van der Waals surface area contributed by atoms with Crippen molar-refractivity contribution in [1.29, 1.82) is 0 Å². The van der Waals surface area contributed by atoms with Crippen molar-refractivity contribution in [2.45, 2.75) is 32.7 Å². The third kappa shape index (κ3) is 3.66. The Hall–Kier alpha value is -2.31. The summed E-state index contributed by atoms with van der Waals surface area (Å²) in [6.07, 6.45) is 3.17. The van der Waals surface area contributed by atoms with Gasteiger partial charge in [-0.05, 0) is 38.3 Å². The predicted octanol–water partition coefficient (Wildman–Crippen LogP) is 0.921. The third-order valence-electron chi connectivity index (χ3n) is 3.87. The summed E-state index contributed by atoms with van der Waals surface area (Å²) >= 11 is 0. The number of carbonyl (C=O) groups is 2. The number of pyridine rings is 1. The first-order valence-electron chi connectivity index (χ1n) is 7.50. The number of piperidine rings is 1. The molecule has 0 saturated carbocycles. The van der Waals surface area contributed by atoms with Gasteiger partial charge >= 0.3 is 6.03 Å². The van der Waals surface area contributed by atoms with Crippen LogP contribution in [0.1, 0.15) is 25.0 Å². The van der Waals surface area contributed by atoms with Gasteiger partial charge in [-0.15, -0.1) is 0 Å². The summed E-state index contributed by atoms with van der Waals surface area (Å²) in [5.74, 6) is -0.0537. The van der Waals surface area contributed by atoms with Crippen LogP contribution in [0.3, 0.4) is 0 Å². The standard InChI is InChI=1S/C15H22N4O3/c1-11-6-7-12(17-15(22)16-2)14(21)19(11)10-13(20)18-8-4-3-5-9-18/h6-7H,3-5,8-10H2,1-2H3,(H2,16,17,22). The third-order valence-corrected chi connectivity index (χ3v) is 3.87. The van der Waals surface area contributed by atoms with Crippen LogP contribution in [0.5, 0.6) is 0 Å². The van der Waals surface area contributed by atoms with Gasteiger partial charge in [-0.1, -0.05) is 0 Å². The second-order valence-corrected chi connectivity index (χ2v) is 5.43. The predicted molar refractivity (Wildman–Crippen MR) is 83.9 cm³/mol. The van der Waals surface area contributed by atoms with Crippen molar-refractivity contribution in [3.8, 4) is 0 Å². The van der Waals surface area contributed by atoms with E-state index in [9.17, 15) is 14.4 Å². The number of aromatic nitrogens is 1. The van der Waals surface area contributed by atoms with E-state index in [1.54, 1.807) is 24.0 Å². The molecule has 22 heavy (non-hydrogen) atoms. The number of amides is 3. The van der Waals surface area contributed by atoms with Crippen molar-refractivity contribution in [2.75, 3.05) is 25.5 Å². The zero-order chi connectivity index (χ0) is 16.1. The maximum absolute atomic E-state index is 12.4. The van der Waals surface area contributed by atoms with E-state index in [2.05, 4.69) is 10.6 Å². The Bertz CT molecular complexity index is 618. The zero-order valence-electron chi connectivity index (χ0n) is 13.0. The average Bonchev–Trinajstić information content (AvgIpc) is 2.54. The lowest BCUT2D eigenvalue weighted by Crippen LogP contribution is -2.40. The summed E-state index contributed by atoms with van der Waals surface area (Å²) in [7, 11) is 1.47. The minimum Gasteiger partial charge on any atom is -0.341 e. The van der Waals surface area contributed by atoms with E-state index >= 15 is 0 Å². The normalized spacial score (nSPS) is 14.5. The van der Waals surface area contributed by atoms with Gasteiger partial charge in [0.2, 0.25) is 5.91 Å². The van der Waals surface area contributed by atoms with Crippen LogP contribution in [0.25, 0.3) is 0 Å². The zero-order valence-corrected chi connectivity index (χ0v) is 13.0. The van der Waals surface area contributed by atoms with E-state index in [4.69, 9.17) is 0 Å². The van der Waals surface area contributed by atoms with Gasteiger partial charge in [-0.2, -0.15) is 0 Å².